The Balaban J connectivity index is 1.48. The highest BCUT2D eigenvalue weighted by molar-refractivity contribution is 8.00. The number of aromatic nitrogens is 1. The number of rotatable bonds is 6. The summed E-state index contributed by atoms with van der Waals surface area (Å²) in [6.45, 7) is 2.70. The molecule has 32 heavy (non-hydrogen) atoms. The summed E-state index contributed by atoms with van der Waals surface area (Å²) in [6, 6.07) is 8.29. The Morgan fingerprint density at radius 2 is 1.97 bits per heavy atom. The second-order valence-electron chi connectivity index (χ2n) is 7.45. The molecule has 11 heteroatoms. The van der Waals surface area contributed by atoms with Crippen molar-refractivity contribution < 1.29 is 22.0 Å². The van der Waals surface area contributed by atoms with Gasteiger partial charge in [-0.25, -0.2) is 17.8 Å². The number of fused-ring (bicyclic) bond motifs is 1. The number of amides is 1. The van der Waals surface area contributed by atoms with Crippen LogP contribution in [-0.4, -0.2) is 42.0 Å². The maximum Gasteiger partial charge on any atom is 0.257 e. The molecule has 0 unspecified atom stereocenters. The van der Waals surface area contributed by atoms with E-state index >= 15 is 0 Å². The van der Waals surface area contributed by atoms with Gasteiger partial charge in [-0.15, -0.1) is 0 Å². The van der Waals surface area contributed by atoms with Gasteiger partial charge in [-0.3, -0.25) is 4.79 Å². The third-order valence-electron chi connectivity index (χ3n) is 5.13. The first-order chi connectivity index (χ1) is 15.2. The van der Waals surface area contributed by atoms with Crippen LogP contribution in [0.5, 0.6) is 0 Å². The molecule has 0 aliphatic carbocycles. The lowest BCUT2D eigenvalue weighted by molar-refractivity contribution is -0.115. The molecule has 3 aromatic rings. The maximum atomic E-state index is 13.2. The normalized spacial score (nSPS) is 16.2. The van der Waals surface area contributed by atoms with Crippen LogP contribution in [-0.2, 0) is 14.8 Å². The van der Waals surface area contributed by atoms with E-state index in [1.165, 1.54) is 28.6 Å². The highest BCUT2D eigenvalue weighted by Gasteiger charge is 2.27. The molecule has 4 rings (SSSR count). The third kappa shape index (κ3) is 4.93. The van der Waals surface area contributed by atoms with E-state index in [4.69, 9.17) is 16.0 Å². The molecular weight excluding hydrogens is 477 g/mol. The molecule has 0 bridgehead atoms. The molecule has 7 nitrogen and oxygen atoms in total. The van der Waals surface area contributed by atoms with Crippen LogP contribution >= 0.6 is 23.4 Å². The van der Waals surface area contributed by atoms with Crippen LogP contribution in [0.25, 0.3) is 11.1 Å². The fourth-order valence-corrected chi connectivity index (χ4v) is 5.89. The van der Waals surface area contributed by atoms with Gasteiger partial charge >= 0.3 is 0 Å². The van der Waals surface area contributed by atoms with Gasteiger partial charge in [-0.1, -0.05) is 29.8 Å². The van der Waals surface area contributed by atoms with E-state index in [1.807, 2.05) is 0 Å². The van der Waals surface area contributed by atoms with Gasteiger partial charge in [0.2, 0.25) is 15.9 Å². The van der Waals surface area contributed by atoms with Crippen LogP contribution in [0.1, 0.15) is 26.2 Å². The van der Waals surface area contributed by atoms with Gasteiger partial charge in [0.05, 0.1) is 20.9 Å². The van der Waals surface area contributed by atoms with E-state index in [0.29, 0.717) is 29.9 Å². The molecular formula is C21H21ClFN3O4S2. The standard InChI is InChI=1S/C21H21ClFN3O4S2/c1-13(20(27)24-17-7-5-14(23)11-16(17)22)31-21-25-18-12-15(6-8-19(18)30-21)32(28,29)26-9-3-2-4-10-26/h5-8,11-13H,2-4,9-10H2,1H3,(H,24,27)/t13-/m1/s1. The Morgan fingerprint density at radius 1 is 1.22 bits per heavy atom. The smallest absolute Gasteiger partial charge is 0.257 e. The lowest BCUT2D eigenvalue weighted by Gasteiger charge is -2.25. The minimum absolute atomic E-state index is 0.0971. The Morgan fingerprint density at radius 3 is 2.69 bits per heavy atom. The van der Waals surface area contributed by atoms with Crippen LogP contribution in [0.15, 0.2) is 50.9 Å². The number of piperidine rings is 1. The third-order valence-corrected chi connectivity index (χ3v) is 8.28. The molecule has 0 radical (unpaired) electrons. The fraction of sp³-hybridized carbons (Fsp3) is 0.333. The van der Waals surface area contributed by atoms with E-state index in [-0.39, 0.29) is 21.0 Å². The van der Waals surface area contributed by atoms with Crippen molar-refractivity contribution in [1.82, 2.24) is 9.29 Å². The minimum atomic E-state index is -3.58. The molecule has 1 aromatic heterocycles. The van der Waals surface area contributed by atoms with Crippen molar-refractivity contribution in [1.29, 1.82) is 0 Å². The summed E-state index contributed by atoms with van der Waals surface area (Å²) in [5.74, 6) is -0.859. The largest absolute Gasteiger partial charge is 0.431 e. The summed E-state index contributed by atoms with van der Waals surface area (Å²) in [7, 11) is -3.58. The van der Waals surface area contributed by atoms with Crippen molar-refractivity contribution in [3.63, 3.8) is 0 Å². The average molecular weight is 498 g/mol. The van der Waals surface area contributed by atoms with E-state index in [9.17, 15) is 17.6 Å². The van der Waals surface area contributed by atoms with Crippen molar-refractivity contribution in [3.05, 3.63) is 47.2 Å². The molecule has 1 aliphatic heterocycles. The highest BCUT2D eigenvalue weighted by atomic mass is 35.5. The predicted molar refractivity (Wildman–Crippen MR) is 122 cm³/mol. The van der Waals surface area contributed by atoms with Gasteiger partial charge < -0.3 is 9.73 Å². The van der Waals surface area contributed by atoms with Crippen LogP contribution < -0.4 is 5.32 Å². The van der Waals surface area contributed by atoms with Crippen molar-refractivity contribution >= 4 is 56.1 Å². The second-order valence-corrected chi connectivity index (χ2v) is 11.1. The number of hydrogen-bond acceptors (Lipinski definition) is 6. The molecule has 1 amide bonds. The van der Waals surface area contributed by atoms with E-state index in [0.717, 1.165) is 37.1 Å². The van der Waals surface area contributed by atoms with Crippen molar-refractivity contribution in [2.75, 3.05) is 18.4 Å². The van der Waals surface area contributed by atoms with Gasteiger partial charge in [-0.05, 0) is 56.2 Å². The Bertz CT molecular complexity index is 1260. The number of anilines is 1. The molecule has 0 saturated carbocycles. The molecule has 1 atom stereocenters. The van der Waals surface area contributed by atoms with Crippen molar-refractivity contribution in [3.8, 4) is 0 Å². The average Bonchev–Trinajstić information content (AvgIpc) is 3.17. The molecule has 1 N–H and O–H groups in total. The number of halogens is 2. The molecule has 2 aromatic carbocycles. The molecule has 1 fully saturated rings. The number of carbonyl (C=O) groups is 1. The number of thioether (sulfide) groups is 1. The van der Waals surface area contributed by atoms with Gasteiger partial charge in [-0.2, -0.15) is 4.31 Å². The Labute approximate surface area is 194 Å². The zero-order valence-electron chi connectivity index (χ0n) is 17.2. The molecule has 2 heterocycles. The Hall–Kier alpha value is -2.14. The summed E-state index contributed by atoms with van der Waals surface area (Å²) >= 11 is 7.03. The number of benzene rings is 2. The molecule has 1 saturated heterocycles. The number of nitrogens with zero attached hydrogens (tertiary/aromatic N) is 2. The van der Waals surface area contributed by atoms with Crippen LogP contribution in [0.4, 0.5) is 10.1 Å². The lowest BCUT2D eigenvalue weighted by Crippen LogP contribution is -2.35. The van der Waals surface area contributed by atoms with Gasteiger partial charge in [0, 0.05) is 13.1 Å². The second kappa shape index (κ2) is 9.38. The number of oxazole rings is 1. The maximum absolute atomic E-state index is 13.2. The highest BCUT2D eigenvalue weighted by Crippen LogP contribution is 2.30. The first-order valence-corrected chi connectivity index (χ1v) is 12.8. The van der Waals surface area contributed by atoms with E-state index < -0.39 is 21.1 Å². The molecule has 1 aliphatic rings. The quantitative estimate of drug-likeness (QED) is 0.486. The fourth-order valence-electron chi connectivity index (χ4n) is 3.38. The lowest BCUT2D eigenvalue weighted by atomic mass is 10.2. The van der Waals surface area contributed by atoms with Crippen LogP contribution in [0.3, 0.4) is 0 Å². The van der Waals surface area contributed by atoms with Crippen LogP contribution in [0, 0.1) is 5.82 Å². The SMILES string of the molecule is C[C@@H](Sc1nc2cc(S(=O)(=O)N3CCCCC3)ccc2o1)C(=O)Nc1ccc(F)cc1Cl. The summed E-state index contributed by atoms with van der Waals surface area (Å²) in [6.07, 6.45) is 2.75. The predicted octanol–water partition coefficient (Wildman–Crippen LogP) is 4.91. The van der Waals surface area contributed by atoms with Crippen molar-refractivity contribution in [2.24, 2.45) is 0 Å². The summed E-state index contributed by atoms with van der Waals surface area (Å²) in [5, 5.41) is 2.38. The molecule has 170 valence electrons. The number of nitrogens with one attached hydrogen (secondary N) is 1. The van der Waals surface area contributed by atoms with Gasteiger partial charge in [0.25, 0.3) is 5.22 Å². The van der Waals surface area contributed by atoms with Crippen molar-refractivity contribution in [2.45, 2.75) is 41.6 Å². The minimum Gasteiger partial charge on any atom is -0.431 e. The van der Waals surface area contributed by atoms with E-state index in [1.54, 1.807) is 13.0 Å². The Kier molecular flexibility index (Phi) is 6.75. The zero-order chi connectivity index (χ0) is 22.9. The van der Waals surface area contributed by atoms with Gasteiger partial charge in [0.15, 0.2) is 5.58 Å². The molecule has 0 spiro atoms. The zero-order valence-corrected chi connectivity index (χ0v) is 19.6. The van der Waals surface area contributed by atoms with Crippen LogP contribution in [0.2, 0.25) is 5.02 Å². The number of hydrogen-bond donors (Lipinski definition) is 1. The van der Waals surface area contributed by atoms with Gasteiger partial charge in [0.1, 0.15) is 11.3 Å². The monoisotopic (exact) mass is 497 g/mol. The summed E-state index contributed by atoms with van der Waals surface area (Å²) in [5.41, 5.74) is 1.13. The summed E-state index contributed by atoms with van der Waals surface area (Å²) < 4.78 is 46.2. The van der Waals surface area contributed by atoms with E-state index in [2.05, 4.69) is 10.3 Å². The number of sulfonamides is 1. The topological polar surface area (TPSA) is 92.5 Å². The first kappa shape index (κ1) is 23.0. The number of carbonyl (C=O) groups excluding carboxylic acids is 1. The first-order valence-electron chi connectivity index (χ1n) is 10.1. The summed E-state index contributed by atoms with van der Waals surface area (Å²) in [4.78, 5) is 17.0.